The fourth-order valence-corrected chi connectivity index (χ4v) is 6.51. The number of alkyl halides is 3. The molecule has 0 aliphatic carbocycles. The summed E-state index contributed by atoms with van der Waals surface area (Å²) in [6.07, 6.45) is -1.35. The molecule has 2 heterocycles. The summed E-state index contributed by atoms with van der Waals surface area (Å²) >= 11 is 0. The predicted molar refractivity (Wildman–Crippen MR) is 182 cm³/mol. The lowest BCUT2D eigenvalue weighted by molar-refractivity contribution is -0.138. The average molecular weight is 700 g/mol. The summed E-state index contributed by atoms with van der Waals surface area (Å²) in [5.74, 6) is -0.586. The van der Waals surface area contributed by atoms with Gasteiger partial charge in [-0.05, 0) is 66.9 Å². The Hall–Kier alpha value is -4.43. The summed E-state index contributed by atoms with van der Waals surface area (Å²) in [6, 6.07) is 10.3. The van der Waals surface area contributed by atoms with Crippen LogP contribution in [-0.4, -0.2) is 55.9 Å². The van der Waals surface area contributed by atoms with Crippen LogP contribution in [0.3, 0.4) is 0 Å². The van der Waals surface area contributed by atoms with Gasteiger partial charge in [-0.15, -0.1) is 0 Å². The fraction of sp³-hybridized carbons (Fsp3) is 0.400. The summed E-state index contributed by atoms with van der Waals surface area (Å²) < 4.78 is 76.0. The number of aromatic nitrogens is 3. The van der Waals surface area contributed by atoms with E-state index in [-0.39, 0.29) is 41.8 Å². The standard InChI is InChI=1S/C35H41F4N5O4Si/c1-22-14-23-10-11-43(30(23)19-29(22)35(37,38)39)33(45)32(42-25-16-26(18-27(17-25)46-5)44-21-40-20-41-44)28-9-8-24(36)15-31(28)47-12-13-48-49(6,7)34(2,3)4/h8-9,14-21,32,42H,10-13H2,1-7H3. The van der Waals surface area contributed by atoms with E-state index in [1.807, 2.05) is 0 Å². The second kappa shape index (κ2) is 13.8. The minimum absolute atomic E-state index is 0.0309. The Morgan fingerprint density at radius 2 is 1.82 bits per heavy atom. The molecule has 5 rings (SSSR count). The average Bonchev–Trinajstić information content (AvgIpc) is 3.71. The number of nitrogens with one attached hydrogen (secondary N) is 1. The van der Waals surface area contributed by atoms with Crippen molar-refractivity contribution >= 4 is 25.6 Å². The molecule has 3 aromatic carbocycles. The first-order valence-corrected chi connectivity index (χ1v) is 18.8. The molecule has 4 aromatic rings. The number of benzene rings is 3. The third kappa shape index (κ3) is 7.91. The zero-order chi connectivity index (χ0) is 35.7. The first-order valence-electron chi connectivity index (χ1n) is 15.9. The lowest BCUT2D eigenvalue weighted by Gasteiger charge is -2.36. The van der Waals surface area contributed by atoms with Crippen molar-refractivity contribution in [1.29, 1.82) is 0 Å². The number of nitrogens with zero attached hydrogens (tertiary/aromatic N) is 4. The molecule has 1 aliphatic rings. The molecular weight excluding hydrogens is 658 g/mol. The van der Waals surface area contributed by atoms with Crippen molar-refractivity contribution in [2.45, 2.75) is 64.5 Å². The molecular formula is C35H41F4N5O4Si. The number of amides is 1. The summed E-state index contributed by atoms with van der Waals surface area (Å²) in [6.45, 7) is 12.5. The molecule has 262 valence electrons. The van der Waals surface area contributed by atoms with Crippen LogP contribution in [0.25, 0.3) is 5.69 Å². The largest absolute Gasteiger partial charge is 0.497 e. The molecule has 9 nitrogen and oxygen atoms in total. The van der Waals surface area contributed by atoms with Gasteiger partial charge in [0.1, 0.15) is 42.6 Å². The highest BCUT2D eigenvalue weighted by Gasteiger charge is 2.39. The zero-order valence-electron chi connectivity index (χ0n) is 28.6. The van der Waals surface area contributed by atoms with Crippen molar-refractivity contribution in [3.63, 3.8) is 0 Å². The molecule has 1 unspecified atom stereocenters. The van der Waals surface area contributed by atoms with E-state index in [9.17, 15) is 22.4 Å². The Balaban J connectivity index is 1.55. The maximum Gasteiger partial charge on any atom is 0.416 e. The van der Waals surface area contributed by atoms with Crippen LogP contribution in [0.2, 0.25) is 18.1 Å². The topological polar surface area (TPSA) is 90.7 Å². The van der Waals surface area contributed by atoms with E-state index in [1.165, 1.54) is 60.5 Å². The van der Waals surface area contributed by atoms with Gasteiger partial charge in [-0.25, -0.2) is 14.1 Å². The number of halogens is 4. The molecule has 1 aliphatic heterocycles. The monoisotopic (exact) mass is 699 g/mol. The van der Waals surface area contributed by atoms with Crippen LogP contribution in [-0.2, 0) is 21.8 Å². The molecule has 1 N–H and O–H groups in total. The van der Waals surface area contributed by atoms with Crippen LogP contribution in [0.4, 0.5) is 28.9 Å². The summed E-state index contributed by atoms with van der Waals surface area (Å²) in [5, 5.41) is 7.40. The van der Waals surface area contributed by atoms with E-state index < -0.39 is 37.8 Å². The number of carbonyl (C=O) groups excluding carboxylic acids is 1. The van der Waals surface area contributed by atoms with Gasteiger partial charge in [-0.2, -0.15) is 18.3 Å². The van der Waals surface area contributed by atoms with Gasteiger partial charge in [-0.1, -0.05) is 26.8 Å². The normalized spacial score (nSPS) is 14.1. The Morgan fingerprint density at radius 3 is 2.47 bits per heavy atom. The van der Waals surface area contributed by atoms with Gasteiger partial charge in [0.2, 0.25) is 0 Å². The Labute approximate surface area is 284 Å². The summed E-state index contributed by atoms with van der Waals surface area (Å²) in [5.41, 5.74) is 1.37. The number of hydrogen-bond acceptors (Lipinski definition) is 7. The van der Waals surface area contributed by atoms with Crippen molar-refractivity contribution in [1.82, 2.24) is 14.8 Å². The van der Waals surface area contributed by atoms with Crippen molar-refractivity contribution in [3.05, 3.63) is 89.3 Å². The van der Waals surface area contributed by atoms with E-state index in [4.69, 9.17) is 13.9 Å². The smallest absolute Gasteiger partial charge is 0.416 e. The minimum Gasteiger partial charge on any atom is -0.497 e. The van der Waals surface area contributed by atoms with Gasteiger partial charge in [0.15, 0.2) is 8.32 Å². The fourth-order valence-electron chi connectivity index (χ4n) is 5.48. The first kappa shape index (κ1) is 35.9. The van der Waals surface area contributed by atoms with Gasteiger partial charge in [0.05, 0.1) is 25.0 Å². The van der Waals surface area contributed by atoms with Crippen LogP contribution in [0, 0.1) is 12.7 Å². The third-order valence-electron chi connectivity index (χ3n) is 9.16. The number of anilines is 2. The molecule has 0 fully saturated rings. The van der Waals surface area contributed by atoms with Crippen LogP contribution in [0.5, 0.6) is 11.5 Å². The SMILES string of the molecule is COc1cc(NC(C(=O)N2CCc3cc(C)c(C(F)(F)F)cc32)c2ccc(F)cc2OCCO[Si](C)(C)C(C)(C)C)cc(-n2cncn2)c1. The van der Waals surface area contributed by atoms with Gasteiger partial charge in [0, 0.05) is 41.7 Å². The molecule has 0 radical (unpaired) electrons. The highest BCUT2D eigenvalue weighted by molar-refractivity contribution is 6.74. The molecule has 0 bridgehead atoms. The lowest BCUT2D eigenvalue weighted by atomic mass is 10.0. The van der Waals surface area contributed by atoms with E-state index >= 15 is 0 Å². The van der Waals surface area contributed by atoms with Crippen LogP contribution < -0.4 is 19.7 Å². The number of carbonyl (C=O) groups is 1. The van der Waals surface area contributed by atoms with Gasteiger partial charge < -0.3 is 24.1 Å². The molecule has 1 atom stereocenters. The number of hydrogen-bond donors (Lipinski definition) is 1. The first-order chi connectivity index (χ1) is 23.0. The molecule has 49 heavy (non-hydrogen) atoms. The van der Waals surface area contributed by atoms with E-state index in [1.54, 1.807) is 18.2 Å². The Morgan fingerprint density at radius 1 is 1.06 bits per heavy atom. The maximum atomic E-state index is 14.7. The molecule has 0 saturated carbocycles. The third-order valence-corrected chi connectivity index (χ3v) is 13.7. The van der Waals surface area contributed by atoms with E-state index in [2.05, 4.69) is 49.3 Å². The van der Waals surface area contributed by atoms with Gasteiger partial charge >= 0.3 is 6.18 Å². The summed E-state index contributed by atoms with van der Waals surface area (Å²) in [7, 11) is -0.608. The second-order valence-corrected chi connectivity index (χ2v) is 18.3. The van der Waals surface area contributed by atoms with Crippen LogP contribution >= 0.6 is 0 Å². The minimum atomic E-state index is -4.60. The predicted octanol–water partition coefficient (Wildman–Crippen LogP) is 7.89. The highest BCUT2D eigenvalue weighted by Crippen LogP contribution is 2.41. The Kier molecular flexibility index (Phi) is 10.1. The molecule has 0 spiro atoms. The van der Waals surface area contributed by atoms with E-state index in [0.717, 1.165) is 6.07 Å². The second-order valence-electron chi connectivity index (χ2n) is 13.5. The summed E-state index contributed by atoms with van der Waals surface area (Å²) in [4.78, 5) is 19.9. The van der Waals surface area contributed by atoms with Gasteiger partial charge in [0.25, 0.3) is 5.91 Å². The molecule has 1 amide bonds. The molecule has 0 saturated heterocycles. The Bertz CT molecular complexity index is 1810. The zero-order valence-corrected chi connectivity index (χ0v) is 29.6. The molecule has 14 heteroatoms. The quantitative estimate of drug-likeness (QED) is 0.0968. The highest BCUT2D eigenvalue weighted by atomic mass is 28.4. The number of aryl methyl sites for hydroxylation is 1. The molecule has 1 aromatic heterocycles. The van der Waals surface area contributed by atoms with Crippen LogP contribution in [0.15, 0.2) is 61.2 Å². The van der Waals surface area contributed by atoms with Crippen molar-refractivity contribution < 1.29 is 36.3 Å². The lowest BCUT2D eigenvalue weighted by Crippen LogP contribution is -2.41. The number of fused-ring (bicyclic) bond motifs is 1. The van der Waals surface area contributed by atoms with Crippen molar-refractivity contribution in [3.8, 4) is 17.2 Å². The van der Waals surface area contributed by atoms with Crippen molar-refractivity contribution in [2.75, 3.05) is 37.1 Å². The maximum absolute atomic E-state index is 14.7. The van der Waals surface area contributed by atoms with E-state index in [0.29, 0.717) is 34.7 Å². The number of methoxy groups -OCH3 is 1. The van der Waals surface area contributed by atoms with Crippen molar-refractivity contribution in [2.24, 2.45) is 0 Å². The van der Waals surface area contributed by atoms with Gasteiger partial charge in [-0.3, -0.25) is 4.79 Å². The number of rotatable bonds is 11. The van der Waals surface area contributed by atoms with Crippen LogP contribution in [0.1, 0.15) is 49.1 Å². The number of ether oxygens (including phenoxy) is 2.